The lowest BCUT2D eigenvalue weighted by Gasteiger charge is -2.24. The van der Waals surface area contributed by atoms with Gasteiger partial charge in [-0.25, -0.2) is 4.79 Å². The number of cyclic esters (lactones) is 1. The maximum atomic E-state index is 11.9. The summed E-state index contributed by atoms with van der Waals surface area (Å²) in [4.78, 5) is 11.9. The Balaban J connectivity index is 1.97. The van der Waals surface area contributed by atoms with Crippen LogP contribution in [0, 0.1) is 0 Å². The molecule has 1 aliphatic rings. The highest BCUT2D eigenvalue weighted by Crippen LogP contribution is 2.31. The monoisotopic (exact) mass is 258 g/mol. The zero-order valence-electron chi connectivity index (χ0n) is 9.60. The van der Waals surface area contributed by atoms with Crippen molar-refractivity contribution < 1.29 is 9.53 Å². The van der Waals surface area contributed by atoms with Crippen LogP contribution in [-0.4, -0.2) is 5.97 Å². The molecule has 0 radical (unpaired) electrons. The molecule has 2 aromatic rings. The second-order valence-electron chi connectivity index (χ2n) is 4.31. The van der Waals surface area contributed by atoms with Crippen molar-refractivity contribution in [2.45, 2.75) is 12.5 Å². The van der Waals surface area contributed by atoms with Crippen LogP contribution in [0.15, 0.2) is 48.5 Å². The Morgan fingerprint density at radius 2 is 1.94 bits per heavy atom. The lowest BCUT2D eigenvalue weighted by molar-refractivity contribution is 0.0253. The van der Waals surface area contributed by atoms with Crippen LogP contribution in [0.2, 0.25) is 5.02 Å². The summed E-state index contributed by atoms with van der Waals surface area (Å²) < 4.78 is 5.46. The Bertz CT molecular complexity index is 607. The van der Waals surface area contributed by atoms with E-state index < -0.39 is 0 Å². The minimum atomic E-state index is -0.262. The molecule has 0 spiro atoms. The van der Waals surface area contributed by atoms with Crippen LogP contribution in [0.4, 0.5) is 0 Å². The molecule has 1 atom stereocenters. The van der Waals surface area contributed by atoms with Crippen molar-refractivity contribution in [1.29, 1.82) is 0 Å². The fourth-order valence-electron chi connectivity index (χ4n) is 2.22. The van der Waals surface area contributed by atoms with Gasteiger partial charge in [0.25, 0.3) is 0 Å². The lowest BCUT2D eigenvalue weighted by atomic mass is 9.95. The summed E-state index contributed by atoms with van der Waals surface area (Å²) in [6.07, 6.45) is 0.452. The maximum absolute atomic E-state index is 11.9. The van der Waals surface area contributed by atoms with E-state index in [1.54, 1.807) is 6.07 Å². The minimum absolute atomic E-state index is 0.244. The van der Waals surface area contributed by atoms with Gasteiger partial charge in [0, 0.05) is 11.4 Å². The first-order valence-electron chi connectivity index (χ1n) is 5.78. The van der Waals surface area contributed by atoms with E-state index in [9.17, 15) is 4.79 Å². The Morgan fingerprint density at radius 1 is 1.11 bits per heavy atom. The lowest BCUT2D eigenvalue weighted by Crippen LogP contribution is -2.21. The molecule has 0 aliphatic carbocycles. The first-order valence-corrected chi connectivity index (χ1v) is 6.16. The molecule has 3 heteroatoms. The molecule has 0 unspecified atom stereocenters. The highest BCUT2D eigenvalue weighted by molar-refractivity contribution is 6.30. The normalized spacial score (nSPS) is 18.1. The average Bonchev–Trinajstić information content (AvgIpc) is 2.39. The maximum Gasteiger partial charge on any atom is 0.339 e. The molecule has 2 nitrogen and oxygen atoms in total. The van der Waals surface area contributed by atoms with Gasteiger partial charge >= 0.3 is 5.97 Å². The van der Waals surface area contributed by atoms with E-state index in [2.05, 4.69) is 0 Å². The van der Waals surface area contributed by atoms with Crippen molar-refractivity contribution in [2.75, 3.05) is 0 Å². The molecule has 90 valence electrons. The van der Waals surface area contributed by atoms with Gasteiger partial charge in [-0.2, -0.15) is 0 Å². The molecule has 1 aliphatic heterocycles. The highest BCUT2D eigenvalue weighted by Gasteiger charge is 2.26. The number of hydrogen-bond acceptors (Lipinski definition) is 2. The van der Waals surface area contributed by atoms with Crippen molar-refractivity contribution >= 4 is 17.6 Å². The van der Waals surface area contributed by atoms with E-state index in [4.69, 9.17) is 16.3 Å². The van der Waals surface area contributed by atoms with Crippen LogP contribution in [-0.2, 0) is 11.2 Å². The molecular weight excluding hydrogens is 248 g/mol. The van der Waals surface area contributed by atoms with Crippen molar-refractivity contribution in [2.24, 2.45) is 0 Å². The zero-order chi connectivity index (χ0) is 12.5. The Kier molecular flexibility index (Phi) is 2.80. The second kappa shape index (κ2) is 4.46. The summed E-state index contributed by atoms with van der Waals surface area (Å²) in [6, 6.07) is 15.0. The van der Waals surface area contributed by atoms with E-state index in [-0.39, 0.29) is 12.1 Å². The van der Waals surface area contributed by atoms with Crippen LogP contribution in [0.25, 0.3) is 0 Å². The van der Waals surface area contributed by atoms with Crippen molar-refractivity contribution in [3.63, 3.8) is 0 Å². The third-order valence-corrected chi connectivity index (χ3v) is 3.35. The molecule has 18 heavy (non-hydrogen) atoms. The number of rotatable bonds is 1. The van der Waals surface area contributed by atoms with Gasteiger partial charge in [-0.15, -0.1) is 0 Å². The van der Waals surface area contributed by atoms with E-state index in [1.807, 2.05) is 42.5 Å². The number of esters is 1. The molecule has 0 fully saturated rings. The van der Waals surface area contributed by atoms with E-state index in [1.165, 1.54) is 0 Å². The fourth-order valence-corrected chi connectivity index (χ4v) is 2.42. The molecule has 0 N–H and O–H groups in total. The van der Waals surface area contributed by atoms with E-state index in [0.717, 1.165) is 11.1 Å². The number of ether oxygens (including phenoxy) is 1. The average molecular weight is 259 g/mol. The summed E-state index contributed by atoms with van der Waals surface area (Å²) in [5.41, 5.74) is 2.62. The van der Waals surface area contributed by atoms with Gasteiger partial charge in [-0.3, -0.25) is 0 Å². The van der Waals surface area contributed by atoms with Gasteiger partial charge in [-0.05, 0) is 29.3 Å². The molecule has 1 heterocycles. The molecule has 3 rings (SSSR count). The largest absolute Gasteiger partial charge is 0.454 e. The summed E-state index contributed by atoms with van der Waals surface area (Å²) in [6.45, 7) is 0. The Labute approximate surface area is 110 Å². The summed E-state index contributed by atoms with van der Waals surface area (Å²) >= 11 is 5.96. The van der Waals surface area contributed by atoms with Gasteiger partial charge in [0.15, 0.2) is 0 Å². The number of hydrogen-bond donors (Lipinski definition) is 0. The zero-order valence-corrected chi connectivity index (χ0v) is 10.4. The number of carbonyl (C=O) groups is 1. The first-order chi connectivity index (χ1) is 8.74. The summed E-state index contributed by atoms with van der Waals surface area (Å²) in [7, 11) is 0. The number of carbonyl (C=O) groups excluding carboxylic acids is 1. The SMILES string of the molecule is O=C1O[C@@H](c2cccc(Cl)c2)Cc2ccccc21. The molecule has 0 amide bonds. The van der Waals surface area contributed by atoms with Gasteiger partial charge < -0.3 is 4.74 Å². The van der Waals surface area contributed by atoms with Gasteiger partial charge in [0.2, 0.25) is 0 Å². The summed E-state index contributed by atoms with van der Waals surface area (Å²) in [5, 5.41) is 0.655. The number of benzene rings is 2. The predicted molar refractivity (Wildman–Crippen MR) is 69.8 cm³/mol. The fraction of sp³-hybridized carbons (Fsp3) is 0.133. The van der Waals surface area contributed by atoms with Gasteiger partial charge in [-0.1, -0.05) is 41.9 Å². The van der Waals surface area contributed by atoms with Crippen molar-refractivity contribution in [3.8, 4) is 0 Å². The topological polar surface area (TPSA) is 26.3 Å². The van der Waals surface area contributed by atoms with Crippen LogP contribution in [0.5, 0.6) is 0 Å². The molecular formula is C15H11ClO2. The van der Waals surface area contributed by atoms with Gasteiger partial charge in [0.05, 0.1) is 5.56 Å². The third-order valence-electron chi connectivity index (χ3n) is 3.11. The van der Waals surface area contributed by atoms with E-state index in [0.29, 0.717) is 17.0 Å². The minimum Gasteiger partial charge on any atom is -0.454 e. The van der Waals surface area contributed by atoms with Gasteiger partial charge in [0.1, 0.15) is 6.10 Å². The van der Waals surface area contributed by atoms with Crippen LogP contribution in [0.1, 0.15) is 27.6 Å². The smallest absolute Gasteiger partial charge is 0.339 e. The summed E-state index contributed by atoms with van der Waals surface area (Å²) in [5.74, 6) is -0.262. The predicted octanol–water partition coefficient (Wildman–Crippen LogP) is 3.79. The second-order valence-corrected chi connectivity index (χ2v) is 4.75. The number of fused-ring (bicyclic) bond motifs is 1. The molecule has 0 bridgehead atoms. The molecule has 2 aromatic carbocycles. The first kappa shape index (κ1) is 11.3. The highest BCUT2D eigenvalue weighted by atomic mass is 35.5. The van der Waals surface area contributed by atoms with Crippen molar-refractivity contribution in [1.82, 2.24) is 0 Å². The standard InChI is InChI=1S/C15H11ClO2/c16-12-6-3-5-11(8-12)14-9-10-4-1-2-7-13(10)15(17)18-14/h1-8,14H,9H2/t14-/m1/s1. The molecule has 0 saturated carbocycles. The third kappa shape index (κ3) is 2.00. The van der Waals surface area contributed by atoms with Crippen molar-refractivity contribution in [3.05, 3.63) is 70.2 Å². The van der Waals surface area contributed by atoms with E-state index >= 15 is 0 Å². The quantitative estimate of drug-likeness (QED) is 0.728. The Morgan fingerprint density at radius 3 is 2.78 bits per heavy atom. The molecule has 0 aromatic heterocycles. The van der Waals surface area contributed by atoms with Crippen LogP contribution < -0.4 is 0 Å². The van der Waals surface area contributed by atoms with Crippen LogP contribution >= 0.6 is 11.6 Å². The molecule has 0 saturated heterocycles. The van der Waals surface area contributed by atoms with Crippen LogP contribution in [0.3, 0.4) is 0 Å². The number of halogens is 1. The Hall–Kier alpha value is -1.80.